The van der Waals surface area contributed by atoms with E-state index in [9.17, 15) is 17.6 Å². The molecule has 0 spiro atoms. The third-order valence-electron chi connectivity index (χ3n) is 2.98. The highest BCUT2D eigenvalue weighted by molar-refractivity contribution is 7.91. The topological polar surface area (TPSA) is 102 Å². The number of thiazole rings is 1. The zero-order valence-corrected chi connectivity index (χ0v) is 13.1. The number of nitrogens with two attached hydrogens (primary N) is 1. The number of hydrogen-bond donors (Lipinski definition) is 2. The number of benzene rings is 2. The lowest BCUT2D eigenvalue weighted by molar-refractivity contribution is 0.102. The SMILES string of the molecule is NS(=O)(=O)c1nc2cc(NC(=O)c3ccc(F)cc3)ccc2s1. The summed E-state index contributed by atoms with van der Waals surface area (Å²) >= 11 is 0.951. The van der Waals surface area contributed by atoms with Gasteiger partial charge in [0.05, 0.1) is 10.2 Å². The van der Waals surface area contributed by atoms with Gasteiger partial charge in [0.25, 0.3) is 15.9 Å². The van der Waals surface area contributed by atoms with Gasteiger partial charge in [0.1, 0.15) is 5.82 Å². The van der Waals surface area contributed by atoms with E-state index in [4.69, 9.17) is 5.14 Å². The lowest BCUT2D eigenvalue weighted by atomic mass is 10.2. The molecule has 6 nitrogen and oxygen atoms in total. The van der Waals surface area contributed by atoms with E-state index < -0.39 is 21.7 Å². The second kappa shape index (κ2) is 5.69. The van der Waals surface area contributed by atoms with Crippen molar-refractivity contribution >= 4 is 43.2 Å². The van der Waals surface area contributed by atoms with Gasteiger partial charge >= 0.3 is 0 Å². The van der Waals surface area contributed by atoms with Crippen LogP contribution in [0.5, 0.6) is 0 Å². The van der Waals surface area contributed by atoms with Gasteiger partial charge in [0.15, 0.2) is 0 Å². The van der Waals surface area contributed by atoms with E-state index in [0.717, 1.165) is 11.3 Å². The molecule has 118 valence electrons. The van der Waals surface area contributed by atoms with Crippen molar-refractivity contribution in [3.63, 3.8) is 0 Å². The van der Waals surface area contributed by atoms with E-state index in [1.807, 2.05) is 0 Å². The molecule has 0 unspecified atom stereocenters. The van der Waals surface area contributed by atoms with Crippen molar-refractivity contribution in [1.29, 1.82) is 0 Å². The molecule has 0 aliphatic rings. The number of rotatable bonds is 3. The molecule has 2 aromatic carbocycles. The van der Waals surface area contributed by atoms with Gasteiger partial charge in [-0.1, -0.05) is 0 Å². The van der Waals surface area contributed by atoms with Crippen LogP contribution in [0.3, 0.4) is 0 Å². The monoisotopic (exact) mass is 351 g/mol. The van der Waals surface area contributed by atoms with Crippen LogP contribution in [0.2, 0.25) is 0 Å². The van der Waals surface area contributed by atoms with Crippen molar-refractivity contribution in [3.8, 4) is 0 Å². The minimum Gasteiger partial charge on any atom is -0.322 e. The minimum atomic E-state index is -3.86. The van der Waals surface area contributed by atoms with Crippen LogP contribution >= 0.6 is 11.3 Å². The summed E-state index contributed by atoms with van der Waals surface area (Å²) < 4.78 is 35.9. The maximum Gasteiger partial charge on any atom is 0.265 e. The van der Waals surface area contributed by atoms with Gasteiger partial charge in [-0.2, -0.15) is 0 Å². The van der Waals surface area contributed by atoms with Gasteiger partial charge in [-0.05, 0) is 42.5 Å². The summed E-state index contributed by atoms with van der Waals surface area (Å²) in [6.07, 6.45) is 0. The van der Waals surface area contributed by atoms with Crippen LogP contribution in [-0.4, -0.2) is 19.3 Å². The summed E-state index contributed by atoms with van der Waals surface area (Å²) in [7, 11) is -3.86. The Morgan fingerprint density at radius 1 is 1.17 bits per heavy atom. The van der Waals surface area contributed by atoms with Gasteiger partial charge in [0.2, 0.25) is 4.34 Å². The Labute approximate surface area is 134 Å². The zero-order chi connectivity index (χ0) is 16.6. The third-order valence-corrected chi connectivity index (χ3v) is 5.33. The van der Waals surface area contributed by atoms with Gasteiger partial charge in [0, 0.05) is 11.3 Å². The lowest BCUT2D eigenvalue weighted by Gasteiger charge is -2.05. The van der Waals surface area contributed by atoms with Crippen LogP contribution < -0.4 is 10.5 Å². The molecular weight excluding hydrogens is 341 g/mol. The van der Waals surface area contributed by atoms with Crippen molar-refractivity contribution in [2.24, 2.45) is 5.14 Å². The van der Waals surface area contributed by atoms with Crippen LogP contribution in [0, 0.1) is 5.82 Å². The fourth-order valence-electron chi connectivity index (χ4n) is 1.91. The molecule has 0 atom stereocenters. The first kappa shape index (κ1) is 15.5. The van der Waals surface area contributed by atoms with E-state index in [0.29, 0.717) is 21.5 Å². The Balaban J connectivity index is 1.88. The van der Waals surface area contributed by atoms with Crippen molar-refractivity contribution in [2.75, 3.05) is 5.32 Å². The summed E-state index contributed by atoms with van der Waals surface area (Å²) in [4.78, 5) is 16.0. The Morgan fingerprint density at radius 2 is 1.87 bits per heavy atom. The largest absolute Gasteiger partial charge is 0.322 e. The normalized spacial score (nSPS) is 11.6. The van der Waals surface area contributed by atoms with E-state index in [2.05, 4.69) is 10.3 Å². The highest BCUT2D eigenvalue weighted by Crippen LogP contribution is 2.27. The maximum atomic E-state index is 12.9. The molecule has 0 aliphatic heterocycles. The smallest absolute Gasteiger partial charge is 0.265 e. The molecule has 1 amide bonds. The number of anilines is 1. The minimum absolute atomic E-state index is 0.186. The van der Waals surface area contributed by atoms with Crippen molar-refractivity contribution in [3.05, 3.63) is 53.8 Å². The number of primary sulfonamides is 1. The number of carbonyl (C=O) groups is 1. The number of nitrogens with one attached hydrogen (secondary N) is 1. The highest BCUT2D eigenvalue weighted by Gasteiger charge is 2.15. The van der Waals surface area contributed by atoms with E-state index in [-0.39, 0.29) is 4.34 Å². The molecule has 9 heteroatoms. The molecule has 0 radical (unpaired) electrons. The summed E-state index contributed by atoms with van der Waals surface area (Å²) in [5, 5.41) is 7.69. The first-order valence-electron chi connectivity index (χ1n) is 6.33. The Bertz CT molecular complexity index is 998. The number of sulfonamides is 1. The van der Waals surface area contributed by atoms with Crippen LogP contribution in [0.4, 0.5) is 10.1 Å². The molecule has 1 heterocycles. The van der Waals surface area contributed by atoms with Crippen LogP contribution in [-0.2, 0) is 10.0 Å². The summed E-state index contributed by atoms with van der Waals surface area (Å²) in [6.45, 7) is 0. The number of fused-ring (bicyclic) bond motifs is 1. The predicted octanol–water partition coefficient (Wildman–Crippen LogP) is 2.34. The number of hydrogen-bond acceptors (Lipinski definition) is 5. The van der Waals surface area contributed by atoms with Crippen LogP contribution in [0.1, 0.15) is 10.4 Å². The van der Waals surface area contributed by atoms with Crippen LogP contribution in [0.25, 0.3) is 10.2 Å². The molecule has 0 saturated heterocycles. The molecule has 3 rings (SSSR count). The quantitative estimate of drug-likeness (QED) is 0.756. The second-order valence-corrected chi connectivity index (χ2v) is 7.43. The average molecular weight is 351 g/mol. The summed E-state index contributed by atoms with van der Waals surface area (Å²) in [5.74, 6) is -0.841. The number of aromatic nitrogens is 1. The van der Waals surface area contributed by atoms with Gasteiger partial charge < -0.3 is 5.32 Å². The zero-order valence-electron chi connectivity index (χ0n) is 11.5. The second-order valence-electron chi connectivity index (χ2n) is 4.67. The molecule has 0 aliphatic carbocycles. The van der Waals surface area contributed by atoms with E-state index in [1.54, 1.807) is 18.2 Å². The molecule has 23 heavy (non-hydrogen) atoms. The van der Waals surface area contributed by atoms with Crippen molar-refractivity contribution in [2.45, 2.75) is 4.34 Å². The molecule has 3 N–H and O–H groups in total. The first-order valence-corrected chi connectivity index (χ1v) is 8.69. The summed E-state index contributed by atoms with van der Waals surface area (Å²) in [5.41, 5.74) is 1.16. The highest BCUT2D eigenvalue weighted by atomic mass is 32.2. The summed E-state index contributed by atoms with van der Waals surface area (Å²) in [6, 6.07) is 9.92. The van der Waals surface area contributed by atoms with Crippen molar-refractivity contribution < 1.29 is 17.6 Å². The average Bonchev–Trinajstić information content (AvgIpc) is 2.91. The maximum absolute atomic E-state index is 12.9. The molecule has 0 fully saturated rings. The number of carbonyl (C=O) groups excluding carboxylic acids is 1. The Hall–Kier alpha value is -2.36. The fourth-order valence-corrected chi connectivity index (χ4v) is 3.55. The van der Waals surface area contributed by atoms with E-state index >= 15 is 0 Å². The van der Waals surface area contributed by atoms with Gasteiger partial charge in [-0.15, -0.1) is 11.3 Å². The molecule has 1 aromatic heterocycles. The van der Waals surface area contributed by atoms with E-state index in [1.165, 1.54) is 24.3 Å². The molecular formula is C14H10FN3O3S2. The number of amides is 1. The van der Waals surface area contributed by atoms with Crippen molar-refractivity contribution in [1.82, 2.24) is 4.98 Å². The molecule has 0 saturated carbocycles. The Kier molecular flexibility index (Phi) is 3.84. The van der Waals surface area contributed by atoms with Gasteiger partial charge in [-0.25, -0.2) is 22.9 Å². The molecule has 3 aromatic rings. The predicted molar refractivity (Wildman–Crippen MR) is 85.3 cm³/mol. The lowest BCUT2D eigenvalue weighted by Crippen LogP contribution is -2.12. The third kappa shape index (κ3) is 3.36. The molecule has 0 bridgehead atoms. The standard InChI is InChI=1S/C14H10FN3O3S2/c15-9-3-1-8(2-4-9)13(19)17-10-5-6-12-11(7-10)18-14(22-12)23(16,20)21/h1-7H,(H,17,19)(H2,16,20,21). The Morgan fingerprint density at radius 3 is 2.52 bits per heavy atom. The van der Waals surface area contributed by atoms with Crippen LogP contribution in [0.15, 0.2) is 46.8 Å². The fraction of sp³-hybridized carbons (Fsp3) is 0. The number of halogens is 1. The van der Waals surface area contributed by atoms with Gasteiger partial charge in [-0.3, -0.25) is 4.79 Å². The number of nitrogens with zero attached hydrogens (tertiary/aromatic N) is 1. The first-order chi connectivity index (χ1) is 10.8.